The first-order chi connectivity index (χ1) is 8.56. The smallest absolute Gasteiger partial charge is 0.117 e. The van der Waals surface area contributed by atoms with Gasteiger partial charge in [-0.3, -0.25) is 0 Å². The molecule has 1 aromatic carbocycles. The van der Waals surface area contributed by atoms with Crippen molar-refractivity contribution in [2.24, 2.45) is 12.8 Å². The van der Waals surface area contributed by atoms with E-state index < -0.39 is 0 Å². The molecule has 1 atom stereocenters. The van der Waals surface area contributed by atoms with Gasteiger partial charge < -0.3 is 10.3 Å². The third-order valence-electron chi connectivity index (χ3n) is 3.88. The molecule has 0 saturated carbocycles. The molecule has 1 heterocycles. The minimum Gasteiger partial charge on any atom is -0.337 e. The van der Waals surface area contributed by atoms with E-state index in [0.717, 1.165) is 5.82 Å². The largest absolute Gasteiger partial charge is 0.337 e. The molecule has 0 aliphatic rings. The lowest BCUT2D eigenvalue weighted by atomic mass is 9.89. The first kappa shape index (κ1) is 12.8. The molecule has 1 unspecified atom stereocenters. The predicted molar refractivity (Wildman–Crippen MR) is 74.8 cm³/mol. The van der Waals surface area contributed by atoms with E-state index in [0.29, 0.717) is 6.54 Å². The molecule has 3 heteroatoms. The third kappa shape index (κ3) is 2.06. The van der Waals surface area contributed by atoms with Crippen molar-refractivity contribution >= 4 is 0 Å². The van der Waals surface area contributed by atoms with Crippen molar-refractivity contribution in [2.75, 3.05) is 6.54 Å². The Kier molecular flexibility index (Phi) is 3.53. The molecular formula is C15H21N3. The number of aromatic nitrogens is 2. The van der Waals surface area contributed by atoms with Gasteiger partial charge in [-0.05, 0) is 43.0 Å². The zero-order valence-corrected chi connectivity index (χ0v) is 11.6. The van der Waals surface area contributed by atoms with Crippen LogP contribution in [0.2, 0.25) is 0 Å². The number of rotatable bonds is 3. The zero-order chi connectivity index (χ0) is 13.3. The van der Waals surface area contributed by atoms with E-state index in [4.69, 9.17) is 5.73 Å². The summed E-state index contributed by atoms with van der Waals surface area (Å²) in [6.07, 6.45) is 3.79. The fourth-order valence-corrected chi connectivity index (χ4v) is 2.44. The second-order valence-corrected chi connectivity index (χ2v) is 4.91. The molecule has 0 radical (unpaired) electrons. The first-order valence-electron chi connectivity index (χ1n) is 6.30. The third-order valence-corrected chi connectivity index (χ3v) is 3.88. The van der Waals surface area contributed by atoms with Crippen molar-refractivity contribution in [1.82, 2.24) is 9.55 Å². The van der Waals surface area contributed by atoms with Gasteiger partial charge in [0.25, 0.3) is 0 Å². The molecule has 0 amide bonds. The molecule has 18 heavy (non-hydrogen) atoms. The summed E-state index contributed by atoms with van der Waals surface area (Å²) < 4.78 is 2.05. The van der Waals surface area contributed by atoms with Gasteiger partial charge in [0, 0.05) is 26.0 Å². The Morgan fingerprint density at radius 1 is 1.22 bits per heavy atom. The van der Waals surface area contributed by atoms with Crippen LogP contribution in [-0.2, 0) is 7.05 Å². The molecule has 0 bridgehead atoms. The number of hydrogen-bond acceptors (Lipinski definition) is 2. The normalized spacial score (nSPS) is 12.7. The monoisotopic (exact) mass is 243 g/mol. The molecule has 2 N–H and O–H groups in total. The van der Waals surface area contributed by atoms with Crippen molar-refractivity contribution in [1.29, 1.82) is 0 Å². The highest BCUT2D eigenvalue weighted by Crippen LogP contribution is 2.28. The summed E-state index contributed by atoms with van der Waals surface area (Å²) in [4.78, 5) is 4.44. The summed E-state index contributed by atoms with van der Waals surface area (Å²) in [6, 6.07) is 4.35. The standard InChI is InChI=1S/C15H21N3/c1-10-5-6-13(12(3)11(10)2)14(9-16)15-17-7-8-18(15)4/h5-8,14H,9,16H2,1-4H3. The van der Waals surface area contributed by atoms with Gasteiger partial charge in [0.2, 0.25) is 0 Å². The van der Waals surface area contributed by atoms with E-state index in [1.54, 1.807) is 0 Å². The fraction of sp³-hybridized carbons (Fsp3) is 0.400. The van der Waals surface area contributed by atoms with E-state index in [9.17, 15) is 0 Å². The topological polar surface area (TPSA) is 43.8 Å². The molecule has 0 saturated heterocycles. The number of imidazole rings is 1. The van der Waals surface area contributed by atoms with Crippen molar-refractivity contribution < 1.29 is 0 Å². The summed E-state index contributed by atoms with van der Waals surface area (Å²) in [7, 11) is 2.02. The van der Waals surface area contributed by atoms with Gasteiger partial charge in [0.1, 0.15) is 5.82 Å². The van der Waals surface area contributed by atoms with Crippen molar-refractivity contribution in [2.45, 2.75) is 26.7 Å². The Morgan fingerprint density at radius 2 is 1.94 bits per heavy atom. The summed E-state index contributed by atoms with van der Waals surface area (Å²) in [5.74, 6) is 1.20. The van der Waals surface area contributed by atoms with Gasteiger partial charge in [-0.1, -0.05) is 12.1 Å². The molecule has 0 fully saturated rings. The number of nitrogens with two attached hydrogens (primary N) is 1. The van der Waals surface area contributed by atoms with Gasteiger partial charge in [0.05, 0.1) is 5.92 Å². The Bertz CT molecular complexity index is 555. The van der Waals surface area contributed by atoms with Crippen LogP contribution in [0.4, 0.5) is 0 Å². The second kappa shape index (κ2) is 4.94. The maximum Gasteiger partial charge on any atom is 0.117 e. The number of hydrogen-bond donors (Lipinski definition) is 1. The van der Waals surface area contributed by atoms with Crippen LogP contribution in [0.3, 0.4) is 0 Å². The van der Waals surface area contributed by atoms with Crippen LogP contribution >= 0.6 is 0 Å². The van der Waals surface area contributed by atoms with Gasteiger partial charge in [-0.25, -0.2) is 4.98 Å². The van der Waals surface area contributed by atoms with Crippen LogP contribution in [0.5, 0.6) is 0 Å². The lowest BCUT2D eigenvalue weighted by Gasteiger charge is -2.19. The Balaban J connectivity index is 2.53. The minimum absolute atomic E-state index is 0.171. The molecule has 96 valence electrons. The van der Waals surface area contributed by atoms with Crippen molar-refractivity contribution in [3.63, 3.8) is 0 Å². The zero-order valence-electron chi connectivity index (χ0n) is 11.6. The molecule has 0 aliphatic carbocycles. The number of benzene rings is 1. The van der Waals surface area contributed by atoms with Crippen LogP contribution in [0, 0.1) is 20.8 Å². The molecule has 3 nitrogen and oxygen atoms in total. The van der Waals surface area contributed by atoms with Gasteiger partial charge in [-0.15, -0.1) is 0 Å². The number of nitrogens with zero attached hydrogens (tertiary/aromatic N) is 2. The molecule has 2 rings (SSSR count). The van der Waals surface area contributed by atoms with Crippen molar-refractivity contribution in [3.05, 3.63) is 52.6 Å². The van der Waals surface area contributed by atoms with Crippen LogP contribution in [0.25, 0.3) is 0 Å². The fourth-order valence-electron chi connectivity index (χ4n) is 2.44. The Morgan fingerprint density at radius 3 is 2.50 bits per heavy atom. The maximum atomic E-state index is 5.97. The highest BCUT2D eigenvalue weighted by Gasteiger charge is 2.19. The summed E-state index contributed by atoms with van der Waals surface area (Å²) in [6.45, 7) is 7.06. The molecule has 0 aliphatic heterocycles. The van der Waals surface area contributed by atoms with Gasteiger partial charge >= 0.3 is 0 Å². The molecular weight excluding hydrogens is 222 g/mol. The van der Waals surface area contributed by atoms with E-state index >= 15 is 0 Å². The van der Waals surface area contributed by atoms with Crippen LogP contribution in [0.1, 0.15) is 34.0 Å². The minimum atomic E-state index is 0.171. The highest BCUT2D eigenvalue weighted by atomic mass is 15.0. The van der Waals surface area contributed by atoms with Crippen molar-refractivity contribution in [3.8, 4) is 0 Å². The maximum absolute atomic E-state index is 5.97. The second-order valence-electron chi connectivity index (χ2n) is 4.91. The Labute approximate surface area is 109 Å². The Hall–Kier alpha value is -1.61. The quantitative estimate of drug-likeness (QED) is 0.899. The van der Waals surface area contributed by atoms with Gasteiger partial charge in [0.15, 0.2) is 0 Å². The summed E-state index contributed by atoms with van der Waals surface area (Å²) in [5, 5.41) is 0. The van der Waals surface area contributed by atoms with E-state index in [1.807, 2.05) is 24.0 Å². The SMILES string of the molecule is Cc1ccc(C(CN)c2nccn2C)c(C)c1C. The highest BCUT2D eigenvalue weighted by molar-refractivity contribution is 5.42. The van der Waals surface area contributed by atoms with Crippen LogP contribution in [-0.4, -0.2) is 16.1 Å². The van der Waals surface area contributed by atoms with Crippen LogP contribution in [0.15, 0.2) is 24.5 Å². The average Bonchev–Trinajstić information content (AvgIpc) is 2.77. The van der Waals surface area contributed by atoms with E-state index in [-0.39, 0.29) is 5.92 Å². The van der Waals surface area contributed by atoms with E-state index in [2.05, 4.69) is 37.9 Å². The predicted octanol–water partition coefficient (Wildman–Crippen LogP) is 2.44. The lowest BCUT2D eigenvalue weighted by molar-refractivity contribution is 0.694. The lowest BCUT2D eigenvalue weighted by Crippen LogP contribution is -2.19. The summed E-state index contributed by atoms with van der Waals surface area (Å²) >= 11 is 0. The average molecular weight is 243 g/mol. The summed E-state index contributed by atoms with van der Waals surface area (Å²) in [5.41, 5.74) is 11.3. The molecule has 2 aromatic rings. The van der Waals surface area contributed by atoms with E-state index in [1.165, 1.54) is 22.3 Å². The van der Waals surface area contributed by atoms with Gasteiger partial charge in [-0.2, -0.15) is 0 Å². The first-order valence-corrected chi connectivity index (χ1v) is 6.30. The molecule has 1 aromatic heterocycles. The molecule has 0 spiro atoms. The number of aryl methyl sites for hydroxylation is 2. The van der Waals surface area contributed by atoms with Crippen LogP contribution < -0.4 is 5.73 Å².